The molecule has 0 aliphatic carbocycles. The van der Waals surface area contributed by atoms with E-state index in [2.05, 4.69) is 10.2 Å². The summed E-state index contributed by atoms with van der Waals surface area (Å²) in [5.41, 5.74) is 4.88. The molecule has 0 radical (unpaired) electrons. The molecule has 3 rings (SSSR count). The molecule has 2 heterocycles. The van der Waals surface area contributed by atoms with Crippen LogP contribution in [0.5, 0.6) is 0 Å². The van der Waals surface area contributed by atoms with Crippen molar-refractivity contribution in [2.75, 3.05) is 5.73 Å². The van der Waals surface area contributed by atoms with Gasteiger partial charge in [0.1, 0.15) is 10.6 Å². The number of anilines is 1. The topological polar surface area (TPSA) is 132 Å². The lowest BCUT2D eigenvalue weighted by molar-refractivity contribution is -0.385. The smallest absolute Gasteiger partial charge is 0.282 e. The fourth-order valence-electron chi connectivity index (χ4n) is 2.08. The van der Waals surface area contributed by atoms with Crippen molar-refractivity contribution in [3.63, 3.8) is 0 Å². The van der Waals surface area contributed by atoms with Gasteiger partial charge in [0.15, 0.2) is 0 Å². The van der Waals surface area contributed by atoms with Gasteiger partial charge in [0.25, 0.3) is 17.5 Å². The standard InChI is InChI=1S/C11H7N5O4S/c12-11-14-13-7(21-11)4-15-9(17)5-2-1-3-6(16(19)20)8(5)10(15)18/h1-3H,4H2,(H2,12,14). The van der Waals surface area contributed by atoms with Crippen LogP contribution in [-0.2, 0) is 6.54 Å². The fraction of sp³-hybridized carbons (Fsp3) is 0.0909. The molecule has 9 nitrogen and oxygen atoms in total. The predicted octanol–water partition coefficient (Wildman–Crippen LogP) is 0.825. The summed E-state index contributed by atoms with van der Waals surface area (Å²) in [6.07, 6.45) is 0. The number of aromatic nitrogens is 2. The van der Waals surface area contributed by atoms with Crippen LogP contribution in [0.2, 0.25) is 0 Å². The Labute approximate surface area is 121 Å². The van der Waals surface area contributed by atoms with Gasteiger partial charge < -0.3 is 5.73 Å². The zero-order valence-corrected chi connectivity index (χ0v) is 11.2. The number of hydrogen-bond acceptors (Lipinski definition) is 8. The average Bonchev–Trinajstić information content (AvgIpc) is 2.96. The maximum atomic E-state index is 12.3. The highest BCUT2D eigenvalue weighted by Crippen LogP contribution is 2.31. The second kappa shape index (κ2) is 4.59. The normalized spacial score (nSPS) is 13.6. The number of imide groups is 1. The Morgan fingerprint density at radius 2 is 2.05 bits per heavy atom. The highest BCUT2D eigenvalue weighted by atomic mass is 32.1. The van der Waals surface area contributed by atoms with Crippen LogP contribution < -0.4 is 5.73 Å². The molecule has 2 aromatic rings. The maximum absolute atomic E-state index is 12.3. The second-order valence-electron chi connectivity index (χ2n) is 4.19. The van der Waals surface area contributed by atoms with Crippen LogP contribution in [-0.4, -0.2) is 31.8 Å². The molecule has 1 aliphatic heterocycles. The van der Waals surface area contributed by atoms with Gasteiger partial charge in [-0.2, -0.15) is 0 Å². The monoisotopic (exact) mass is 305 g/mol. The number of benzene rings is 1. The van der Waals surface area contributed by atoms with E-state index >= 15 is 0 Å². The molecule has 0 bridgehead atoms. The third kappa shape index (κ3) is 2.01. The van der Waals surface area contributed by atoms with E-state index in [-0.39, 0.29) is 28.5 Å². The minimum absolute atomic E-state index is 0.0201. The maximum Gasteiger partial charge on any atom is 0.282 e. The molecular formula is C11H7N5O4S. The van der Waals surface area contributed by atoms with E-state index in [0.29, 0.717) is 5.01 Å². The molecule has 10 heteroatoms. The Morgan fingerprint density at radius 1 is 1.29 bits per heavy atom. The number of carbonyl (C=O) groups excluding carboxylic acids is 2. The predicted molar refractivity (Wildman–Crippen MR) is 71.6 cm³/mol. The van der Waals surface area contributed by atoms with Gasteiger partial charge >= 0.3 is 0 Å². The first-order valence-corrected chi connectivity index (χ1v) is 6.52. The lowest BCUT2D eigenvalue weighted by Crippen LogP contribution is -2.29. The van der Waals surface area contributed by atoms with Gasteiger partial charge in [0.05, 0.1) is 17.0 Å². The second-order valence-corrected chi connectivity index (χ2v) is 5.28. The van der Waals surface area contributed by atoms with E-state index in [0.717, 1.165) is 16.2 Å². The molecule has 106 valence electrons. The van der Waals surface area contributed by atoms with Crippen molar-refractivity contribution in [3.8, 4) is 0 Å². The number of rotatable bonds is 3. The largest absolute Gasteiger partial charge is 0.374 e. The number of fused-ring (bicyclic) bond motifs is 1. The molecule has 0 fully saturated rings. The average molecular weight is 305 g/mol. The fourth-order valence-corrected chi connectivity index (χ4v) is 2.68. The highest BCUT2D eigenvalue weighted by molar-refractivity contribution is 7.15. The van der Waals surface area contributed by atoms with Crippen molar-refractivity contribution >= 4 is 34.0 Å². The molecule has 1 aliphatic rings. The Kier molecular flexibility index (Phi) is 2.87. The minimum atomic E-state index is -0.712. The van der Waals surface area contributed by atoms with Gasteiger partial charge in [-0.15, -0.1) is 10.2 Å². The number of hydrogen-bond donors (Lipinski definition) is 1. The molecule has 0 saturated heterocycles. The van der Waals surface area contributed by atoms with Crippen molar-refractivity contribution in [2.45, 2.75) is 6.54 Å². The highest BCUT2D eigenvalue weighted by Gasteiger charge is 2.41. The molecule has 2 N–H and O–H groups in total. The zero-order valence-electron chi connectivity index (χ0n) is 10.3. The van der Waals surface area contributed by atoms with E-state index in [1.807, 2.05) is 0 Å². The number of nitro groups is 1. The lowest BCUT2D eigenvalue weighted by atomic mass is 10.1. The molecular weight excluding hydrogens is 298 g/mol. The summed E-state index contributed by atoms with van der Waals surface area (Å²) in [6.45, 7) is -0.113. The molecule has 2 amide bonds. The van der Waals surface area contributed by atoms with Crippen molar-refractivity contribution < 1.29 is 14.5 Å². The van der Waals surface area contributed by atoms with Crippen molar-refractivity contribution in [2.24, 2.45) is 0 Å². The summed E-state index contributed by atoms with van der Waals surface area (Å²) in [6, 6.07) is 3.95. The molecule has 1 aromatic carbocycles. The number of nitrogen functional groups attached to an aromatic ring is 1. The summed E-state index contributed by atoms with van der Waals surface area (Å²) in [4.78, 5) is 35.7. The number of nitro benzene ring substituents is 1. The van der Waals surface area contributed by atoms with E-state index < -0.39 is 16.7 Å². The summed E-state index contributed by atoms with van der Waals surface area (Å²) in [5, 5.41) is 18.9. The summed E-state index contributed by atoms with van der Waals surface area (Å²) in [7, 11) is 0. The van der Waals surface area contributed by atoms with E-state index in [4.69, 9.17) is 5.73 Å². The molecule has 1 aromatic heterocycles. The van der Waals surface area contributed by atoms with Crippen molar-refractivity contribution in [3.05, 3.63) is 44.4 Å². The van der Waals surface area contributed by atoms with Crippen LogP contribution in [0.1, 0.15) is 25.7 Å². The number of carbonyl (C=O) groups is 2. The van der Waals surface area contributed by atoms with Crippen molar-refractivity contribution in [1.82, 2.24) is 15.1 Å². The molecule has 0 unspecified atom stereocenters. The quantitative estimate of drug-likeness (QED) is 0.504. The first-order chi connectivity index (χ1) is 9.99. The zero-order chi connectivity index (χ0) is 15.1. The third-order valence-electron chi connectivity index (χ3n) is 2.95. The Balaban J connectivity index is 2.01. The van der Waals surface area contributed by atoms with Crippen LogP contribution in [0.3, 0.4) is 0 Å². The van der Waals surface area contributed by atoms with Gasteiger partial charge in [0.2, 0.25) is 5.13 Å². The lowest BCUT2D eigenvalue weighted by Gasteiger charge is -2.10. The first-order valence-electron chi connectivity index (χ1n) is 5.70. The molecule has 0 atom stereocenters. The van der Waals surface area contributed by atoms with Gasteiger partial charge in [0, 0.05) is 6.07 Å². The van der Waals surface area contributed by atoms with Crippen LogP contribution >= 0.6 is 11.3 Å². The molecule has 0 saturated carbocycles. The van der Waals surface area contributed by atoms with Crippen LogP contribution in [0.25, 0.3) is 0 Å². The van der Waals surface area contributed by atoms with E-state index in [1.54, 1.807) is 0 Å². The van der Waals surface area contributed by atoms with Gasteiger partial charge in [-0.1, -0.05) is 17.4 Å². The van der Waals surface area contributed by atoms with Crippen LogP contribution in [0.15, 0.2) is 18.2 Å². The van der Waals surface area contributed by atoms with Gasteiger partial charge in [-0.3, -0.25) is 24.6 Å². The van der Waals surface area contributed by atoms with Gasteiger partial charge in [-0.05, 0) is 6.07 Å². The Hall–Kier alpha value is -2.88. The van der Waals surface area contributed by atoms with E-state index in [9.17, 15) is 19.7 Å². The van der Waals surface area contributed by atoms with Gasteiger partial charge in [-0.25, -0.2) is 0 Å². The SMILES string of the molecule is Nc1nnc(CN2C(=O)c3cccc([N+](=O)[O-])c3C2=O)s1. The third-order valence-corrected chi connectivity index (χ3v) is 3.69. The Bertz CT molecular complexity index is 787. The first kappa shape index (κ1) is 13.1. The van der Waals surface area contributed by atoms with E-state index in [1.165, 1.54) is 18.2 Å². The molecule has 0 spiro atoms. The number of nitrogens with two attached hydrogens (primary N) is 1. The van der Waals surface area contributed by atoms with Crippen molar-refractivity contribution in [1.29, 1.82) is 0 Å². The number of amides is 2. The molecule has 21 heavy (non-hydrogen) atoms. The minimum Gasteiger partial charge on any atom is -0.374 e. The summed E-state index contributed by atoms with van der Waals surface area (Å²) >= 11 is 1.04. The number of nitrogens with zero attached hydrogens (tertiary/aromatic N) is 4. The Morgan fingerprint density at radius 3 is 2.67 bits per heavy atom. The van der Waals surface area contributed by atoms with Crippen LogP contribution in [0.4, 0.5) is 10.8 Å². The summed E-state index contributed by atoms with van der Waals surface area (Å²) < 4.78 is 0. The summed E-state index contributed by atoms with van der Waals surface area (Å²) in [5.74, 6) is -1.30. The van der Waals surface area contributed by atoms with Crippen LogP contribution in [0, 0.1) is 10.1 Å².